The Balaban J connectivity index is 1.31. The zero-order valence-corrected chi connectivity index (χ0v) is 23.2. The molecule has 7 rings (SSSR count). The molecule has 15 heteroatoms. The number of sulfonamides is 1. The Morgan fingerprint density at radius 1 is 1.18 bits per heavy atom. The van der Waals surface area contributed by atoms with Gasteiger partial charge >= 0.3 is 0 Å². The van der Waals surface area contributed by atoms with Gasteiger partial charge < -0.3 is 9.80 Å². The first kappa shape index (κ1) is 25.7. The van der Waals surface area contributed by atoms with Gasteiger partial charge in [-0.1, -0.05) is 18.3 Å². The molecule has 4 heterocycles. The summed E-state index contributed by atoms with van der Waals surface area (Å²) in [6.07, 6.45) is 4.54. The van der Waals surface area contributed by atoms with E-state index in [1.54, 1.807) is 12.3 Å². The number of aromatic nitrogens is 4. The topological polar surface area (TPSA) is 137 Å². The lowest BCUT2D eigenvalue weighted by Gasteiger charge is -2.44. The molecular formula is C25H26F2N8O3S2. The predicted octanol–water partition coefficient (Wildman–Crippen LogP) is 3.11. The number of carbonyl (C=O) groups is 1. The number of nitrogens with one attached hydrogen (secondary N) is 1. The number of anilines is 1. The summed E-state index contributed by atoms with van der Waals surface area (Å²) < 4.78 is 57.5. The van der Waals surface area contributed by atoms with Gasteiger partial charge in [-0.25, -0.2) is 22.2 Å². The average Bonchev–Trinajstić information content (AvgIpc) is 3.89. The third-order valence-corrected chi connectivity index (χ3v) is 11.0. The molecule has 1 amide bonds. The van der Waals surface area contributed by atoms with Crippen molar-refractivity contribution in [2.75, 3.05) is 24.5 Å². The van der Waals surface area contributed by atoms with E-state index in [0.29, 0.717) is 55.0 Å². The van der Waals surface area contributed by atoms with Gasteiger partial charge in [0.1, 0.15) is 10.4 Å². The average molecular weight is 589 g/mol. The number of imidazole rings is 1. The molecule has 40 heavy (non-hydrogen) atoms. The molecule has 0 aromatic carbocycles. The number of halogens is 2. The summed E-state index contributed by atoms with van der Waals surface area (Å²) in [4.78, 5) is 21.7. The van der Waals surface area contributed by atoms with E-state index in [1.807, 2.05) is 17.9 Å². The first-order valence-electron chi connectivity index (χ1n) is 13.1. The fourth-order valence-electron chi connectivity index (χ4n) is 5.50. The standard InChI is InChI=1S/C25H26F2N8O3S2/c1-23(2-3-23)22(36)35-9-8-33(14-25(35)6-7-25)16-10-15(40(37,38)32-24(13-28)4-5-24)12-34-17(16)11-29-19(34)21-31-30-20(39-21)18(26)27/h10-12,18,32H,2-9,14H2,1H3. The normalized spacial score (nSPS) is 22.1. The molecule has 1 N–H and O–H groups in total. The van der Waals surface area contributed by atoms with Gasteiger partial charge in [-0.05, 0) is 44.6 Å². The quantitative estimate of drug-likeness (QED) is 0.445. The molecule has 0 bridgehead atoms. The highest BCUT2D eigenvalue weighted by atomic mass is 32.2. The van der Waals surface area contributed by atoms with Gasteiger partial charge in [0.25, 0.3) is 6.43 Å². The first-order chi connectivity index (χ1) is 19.0. The molecule has 4 fully saturated rings. The number of hydrogen-bond acceptors (Lipinski definition) is 9. The second kappa shape index (κ2) is 8.40. The zero-order valence-electron chi connectivity index (χ0n) is 21.6. The fraction of sp³-hybridized carbons (Fsp3) is 0.560. The van der Waals surface area contributed by atoms with E-state index in [0.717, 1.165) is 25.7 Å². The summed E-state index contributed by atoms with van der Waals surface area (Å²) in [6, 6.07) is 3.61. The maximum Gasteiger partial charge on any atom is 0.291 e. The van der Waals surface area contributed by atoms with Crippen LogP contribution in [-0.4, -0.2) is 69.5 Å². The van der Waals surface area contributed by atoms with Crippen molar-refractivity contribution in [1.29, 1.82) is 5.26 Å². The minimum Gasteiger partial charge on any atom is -0.366 e. The van der Waals surface area contributed by atoms with Crippen LogP contribution in [0.5, 0.6) is 0 Å². The van der Waals surface area contributed by atoms with Crippen LogP contribution in [0.1, 0.15) is 56.9 Å². The number of piperazine rings is 1. The second-order valence-electron chi connectivity index (χ2n) is 11.6. The third-order valence-electron chi connectivity index (χ3n) is 8.60. The van der Waals surface area contributed by atoms with Crippen molar-refractivity contribution < 1.29 is 22.0 Å². The summed E-state index contributed by atoms with van der Waals surface area (Å²) >= 11 is 0.692. The van der Waals surface area contributed by atoms with Gasteiger partial charge in [-0.15, -0.1) is 10.2 Å². The van der Waals surface area contributed by atoms with Crippen LogP contribution in [0.4, 0.5) is 14.5 Å². The Morgan fingerprint density at radius 2 is 1.93 bits per heavy atom. The summed E-state index contributed by atoms with van der Waals surface area (Å²) in [6.45, 7) is 3.56. The summed E-state index contributed by atoms with van der Waals surface area (Å²) in [7, 11) is -4.12. The van der Waals surface area contributed by atoms with E-state index >= 15 is 0 Å². The van der Waals surface area contributed by atoms with Gasteiger partial charge in [-0.3, -0.25) is 9.20 Å². The molecule has 1 saturated heterocycles. The number of nitrogens with zero attached hydrogens (tertiary/aromatic N) is 7. The highest BCUT2D eigenvalue weighted by Crippen LogP contribution is 2.52. The SMILES string of the molecule is CC1(C(=O)N2CCN(c3cc(S(=O)(=O)NC4(C#N)CC4)cn4c(-c5nnc(C(F)F)s5)ncc34)CC23CC3)CC1. The molecule has 11 nitrogen and oxygen atoms in total. The van der Waals surface area contributed by atoms with Crippen LogP contribution in [0.25, 0.3) is 16.3 Å². The van der Waals surface area contributed by atoms with Crippen molar-refractivity contribution in [2.45, 2.75) is 67.8 Å². The van der Waals surface area contributed by atoms with Crippen LogP contribution in [-0.2, 0) is 14.8 Å². The highest BCUT2D eigenvalue weighted by molar-refractivity contribution is 7.89. The van der Waals surface area contributed by atoms with E-state index < -0.39 is 27.0 Å². The van der Waals surface area contributed by atoms with Crippen molar-refractivity contribution in [3.8, 4) is 16.9 Å². The largest absolute Gasteiger partial charge is 0.366 e. The Morgan fingerprint density at radius 3 is 2.52 bits per heavy atom. The van der Waals surface area contributed by atoms with Crippen LogP contribution >= 0.6 is 11.3 Å². The van der Waals surface area contributed by atoms with E-state index in [-0.39, 0.29) is 32.6 Å². The van der Waals surface area contributed by atoms with Crippen LogP contribution in [0.3, 0.4) is 0 Å². The highest BCUT2D eigenvalue weighted by Gasteiger charge is 2.58. The first-order valence-corrected chi connectivity index (χ1v) is 15.4. The molecule has 0 atom stereocenters. The number of amides is 1. The maximum atomic E-state index is 13.5. The smallest absolute Gasteiger partial charge is 0.291 e. The van der Waals surface area contributed by atoms with Gasteiger partial charge in [0, 0.05) is 31.2 Å². The molecule has 1 aliphatic heterocycles. The van der Waals surface area contributed by atoms with E-state index in [9.17, 15) is 27.3 Å². The van der Waals surface area contributed by atoms with E-state index in [2.05, 4.69) is 24.8 Å². The minimum atomic E-state index is -4.12. The Labute approximate surface area is 232 Å². The Kier molecular flexibility index (Phi) is 5.40. The van der Waals surface area contributed by atoms with Crippen LogP contribution < -0.4 is 9.62 Å². The van der Waals surface area contributed by atoms with Crippen molar-refractivity contribution in [2.24, 2.45) is 5.41 Å². The van der Waals surface area contributed by atoms with Crippen LogP contribution in [0.2, 0.25) is 0 Å². The zero-order chi connectivity index (χ0) is 28.1. The molecule has 3 aliphatic carbocycles. The number of fused-ring (bicyclic) bond motifs is 1. The maximum absolute atomic E-state index is 13.5. The number of carbonyl (C=O) groups excluding carboxylic acids is 1. The monoisotopic (exact) mass is 588 g/mol. The Hall–Kier alpha value is -3.22. The molecule has 1 spiro atoms. The van der Waals surface area contributed by atoms with Crippen LogP contribution in [0.15, 0.2) is 23.4 Å². The molecular weight excluding hydrogens is 562 g/mol. The van der Waals surface area contributed by atoms with Gasteiger partial charge in [0.15, 0.2) is 15.8 Å². The molecule has 3 saturated carbocycles. The van der Waals surface area contributed by atoms with E-state index in [1.165, 1.54) is 10.6 Å². The van der Waals surface area contributed by atoms with Crippen molar-refractivity contribution in [3.05, 3.63) is 23.5 Å². The lowest BCUT2D eigenvalue weighted by Crippen LogP contribution is -2.58. The number of pyridine rings is 1. The molecule has 0 unspecified atom stereocenters. The molecule has 3 aromatic heterocycles. The molecule has 4 aliphatic rings. The summed E-state index contributed by atoms with van der Waals surface area (Å²) in [5, 5.41) is 16.6. The van der Waals surface area contributed by atoms with Crippen molar-refractivity contribution in [1.82, 2.24) is 29.2 Å². The second-order valence-corrected chi connectivity index (χ2v) is 14.3. The summed E-state index contributed by atoms with van der Waals surface area (Å²) in [5.74, 6) is 0.384. The van der Waals surface area contributed by atoms with Crippen molar-refractivity contribution in [3.63, 3.8) is 0 Å². The number of hydrogen-bond donors (Lipinski definition) is 1. The van der Waals surface area contributed by atoms with Crippen molar-refractivity contribution >= 4 is 38.5 Å². The summed E-state index contributed by atoms with van der Waals surface area (Å²) in [5.41, 5.74) is -0.520. The number of alkyl halides is 2. The van der Waals surface area contributed by atoms with Crippen LogP contribution in [0, 0.1) is 16.7 Å². The number of rotatable bonds is 7. The predicted molar refractivity (Wildman–Crippen MR) is 140 cm³/mol. The van der Waals surface area contributed by atoms with Gasteiger partial charge in [0.2, 0.25) is 15.9 Å². The third kappa shape index (κ3) is 4.07. The lowest BCUT2D eigenvalue weighted by molar-refractivity contribution is -0.140. The Bertz CT molecular complexity index is 1700. The van der Waals surface area contributed by atoms with Gasteiger partial charge in [0.05, 0.1) is 29.0 Å². The molecule has 3 aromatic rings. The van der Waals surface area contributed by atoms with E-state index in [4.69, 9.17) is 0 Å². The molecule has 0 radical (unpaired) electrons. The molecule has 210 valence electrons. The number of nitriles is 1. The lowest BCUT2D eigenvalue weighted by atomic mass is 10.0. The van der Waals surface area contributed by atoms with Gasteiger partial charge in [-0.2, -0.15) is 9.98 Å². The fourth-order valence-corrected chi connectivity index (χ4v) is 7.59. The minimum absolute atomic E-state index is 0.0804.